The van der Waals surface area contributed by atoms with E-state index in [-0.39, 0.29) is 23.7 Å². The number of hydrogen-bond acceptors (Lipinski definition) is 7. The predicted molar refractivity (Wildman–Crippen MR) is 121 cm³/mol. The lowest BCUT2D eigenvalue weighted by Crippen LogP contribution is -2.44. The number of ether oxygens (including phenoxy) is 3. The van der Waals surface area contributed by atoms with Gasteiger partial charge in [-0.2, -0.15) is 0 Å². The van der Waals surface area contributed by atoms with Gasteiger partial charge in [-0.25, -0.2) is 13.2 Å². The summed E-state index contributed by atoms with van der Waals surface area (Å²) in [6.45, 7) is 7.59. The highest BCUT2D eigenvalue weighted by Crippen LogP contribution is 2.26. The third-order valence-electron chi connectivity index (χ3n) is 4.60. The minimum atomic E-state index is -4.03. The molecule has 0 aliphatic carbocycles. The largest absolute Gasteiger partial charge is 0.462 e. The monoisotopic (exact) mass is 465 g/mol. The van der Waals surface area contributed by atoms with E-state index in [1.165, 1.54) is 36.4 Å². The van der Waals surface area contributed by atoms with E-state index in [1.807, 2.05) is 6.92 Å². The number of nitrogens with zero attached hydrogens (tertiary/aromatic N) is 1. The lowest BCUT2D eigenvalue weighted by atomic mass is 10.2. The summed E-state index contributed by atoms with van der Waals surface area (Å²) in [6.07, 6.45) is -2.24. The summed E-state index contributed by atoms with van der Waals surface area (Å²) < 4.78 is 43.9. The van der Waals surface area contributed by atoms with Crippen LogP contribution in [0.15, 0.2) is 53.4 Å². The molecular formula is C23H31NO7S. The molecule has 0 aliphatic rings. The van der Waals surface area contributed by atoms with Crippen LogP contribution in [0.3, 0.4) is 0 Å². The zero-order valence-corrected chi connectivity index (χ0v) is 19.7. The zero-order valence-electron chi connectivity index (χ0n) is 18.9. The Kier molecular flexibility index (Phi) is 9.64. The second-order valence-electron chi connectivity index (χ2n) is 6.96. The first-order valence-corrected chi connectivity index (χ1v) is 12.0. The minimum Gasteiger partial charge on any atom is -0.462 e. The molecule has 0 aliphatic heterocycles. The average Bonchev–Trinajstić information content (AvgIpc) is 2.77. The van der Waals surface area contributed by atoms with Crippen LogP contribution in [0, 0.1) is 6.92 Å². The van der Waals surface area contributed by atoms with Gasteiger partial charge in [0, 0.05) is 13.2 Å². The van der Waals surface area contributed by atoms with Crippen molar-refractivity contribution >= 4 is 21.7 Å². The van der Waals surface area contributed by atoms with Crippen molar-refractivity contribution in [2.45, 2.75) is 45.0 Å². The summed E-state index contributed by atoms with van der Waals surface area (Å²) in [5, 5.41) is 10.7. The number of benzene rings is 2. The van der Waals surface area contributed by atoms with Gasteiger partial charge >= 0.3 is 5.97 Å². The molecule has 1 unspecified atom stereocenters. The number of aryl methyl sites for hydroxylation is 1. The van der Waals surface area contributed by atoms with Gasteiger partial charge in [-0.3, -0.25) is 4.31 Å². The Balaban J connectivity index is 2.44. The predicted octanol–water partition coefficient (Wildman–Crippen LogP) is 3.13. The highest BCUT2D eigenvalue weighted by atomic mass is 32.2. The van der Waals surface area contributed by atoms with E-state index in [9.17, 15) is 18.3 Å². The van der Waals surface area contributed by atoms with Gasteiger partial charge in [0.05, 0.1) is 29.3 Å². The fourth-order valence-corrected chi connectivity index (χ4v) is 4.50. The molecule has 2 rings (SSSR count). The molecule has 0 radical (unpaired) electrons. The maximum absolute atomic E-state index is 13.5. The number of aliphatic hydroxyl groups is 1. The molecule has 2 aromatic carbocycles. The Morgan fingerprint density at radius 2 is 1.50 bits per heavy atom. The SMILES string of the molecule is CCOC(=O)c1ccc(N(CC(O)C(OCC)OCC)S(=O)(=O)c2ccc(C)cc2)cc1. The molecule has 9 heteroatoms. The molecule has 176 valence electrons. The Labute approximate surface area is 189 Å². The van der Waals surface area contributed by atoms with E-state index in [0.29, 0.717) is 18.8 Å². The summed E-state index contributed by atoms with van der Waals surface area (Å²) in [7, 11) is -4.03. The number of aliphatic hydroxyl groups excluding tert-OH is 1. The maximum Gasteiger partial charge on any atom is 0.338 e. The number of hydrogen-bond donors (Lipinski definition) is 1. The second kappa shape index (κ2) is 12.0. The quantitative estimate of drug-likeness (QED) is 0.379. The van der Waals surface area contributed by atoms with Crippen LogP contribution in [0.5, 0.6) is 0 Å². The van der Waals surface area contributed by atoms with Crippen molar-refractivity contribution in [3.8, 4) is 0 Å². The van der Waals surface area contributed by atoms with E-state index in [1.54, 1.807) is 32.9 Å². The first-order chi connectivity index (χ1) is 15.2. The van der Waals surface area contributed by atoms with Crippen LogP contribution in [0.1, 0.15) is 36.7 Å². The molecule has 0 bridgehead atoms. The lowest BCUT2D eigenvalue weighted by Gasteiger charge is -2.30. The first kappa shape index (κ1) is 25.8. The van der Waals surface area contributed by atoms with Crippen molar-refractivity contribution in [2.75, 3.05) is 30.7 Å². The molecule has 0 spiro atoms. The van der Waals surface area contributed by atoms with Gasteiger partial charge in [-0.1, -0.05) is 17.7 Å². The lowest BCUT2D eigenvalue weighted by molar-refractivity contribution is -0.186. The summed E-state index contributed by atoms with van der Waals surface area (Å²) in [4.78, 5) is 12.0. The highest BCUT2D eigenvalue weighted by molar-refractivity contribution is 7.92. The normalized spacial score (nSPS) is 12.6. The Bertz CT molecular complexity index is 953. The van der Waals surface area contributed by atoms with E-state index in [2.05, 4.69) is 0 Å². The number of carbonyl (C=O) groups is 1. The molecule has 0 amide bonds. The third-order valence-corrected chi connectivity index (χ3v) is 6.41. The van der Waals surface area contributed by atoms with Crippen molar-refractivity contribution in [1.82, 2.24) is 0 Å². The molecule has 2 aromatic rings. The standard InChI is InChI=1S/C23H31NO7S/c1-5-29-22(26)18-10-12-19(13-11-18)24(16-21(25)23(30-6-2)31-7-3)32(27,28)20-14-8-17(4)9-15-20/h8-15,21,23,25H,5-7,16H2,1-4H3. The summed E-state index contributed by atoms with van der Waals surface area (Å²) in [6, 6.07) is 12.4. The number of esters is 1. The van der Waals surface area contributed by atoms with Crippen molar-refractivity contribution in [3.63, 3.8) is 0 Å². The van der Waals surface area contributed by atoms with Crippen LogP contribution >= 0.6 is 0 Å². The van der Waals surface area contributed by atoms with Crippen LogP contribution in [-0.2, 0) is 24.2 Å². The Hall–Kier alpha value is -2.46. The molecule has 32 heavy (non-hydrogen) atoms. The molecule has 0 aromatic heterocycles. The first-order valence-electron chi connectivity index (χ1n) is 10.5. The maximum atomic E-state index is 13.5. The van der Waals surface area contributed by atoms with E-state index in [4.69, 9.17) is 14.2 Å². The fourth-order valence-electron chi connectivity index (χ4n) is 3.01. The number of anilines is 1. The summed E-state index contributed by atoms with van der Waals surface area (Å²) >= 11 is 0. The van der Waals surface area contributed by atoms with E-state index in [0.717, 1.165) is 9.87 Å². The van der Waals surface area contributed by atoms with Gasteiger partial charge in [0.2, 0.25) is 0 Å². The molecule has 0 heterocycles. The van der Waals surface area contributed by atoms with Crippen molar-refractivity contribution < 1.29 is 32.5 Å². The van der Waals surface area contributed by atoms with Crippen LogP contribution in [-0.4, -0.2) is 58.3 Å². The summed E-state index contributed by atoms with van der Waals surface area (Å²) in [5.41, 5.74) is 1.50. The third kappa shape index (κ3) is 6.52. The number of sulfonamides is 1. The molecule has 0 fully saturated rings. The Morgan fingerprint density at radius 1 is 0.938 bits per heavy atom. The van der Waals surface area contributed by atoms with Crippen LogP contribution in [0.25, 0.3) is 0 Å². The van der Waals surface area contributed by atoms with Gasteiger partial charge in [0.15, 0.2) is 6.29 Å². The number of rotatable bonds is 12. The number of carbonyl (C=O) groups excluding carboxylic acids is 1. The smallest absolute Gasteiger partial charge is 0.338 e. The van der Waals surface area contributed by atoms with E-state index < -0.39 is 28.4 Å². The molecule has 0 saturated carbocycles. The van der Waals surface area contributed by atoms with Gasteiger partial charge < -0.3 is 19.3 Å². The van der Waals surface area contributed by atoms with Gasteiger partial charge in [0.1, 0.15) is 6.10 Å². The zero-order chi connectivity index (χ0) is 23.7. The topological polar surface area (TPSA) is 102 Å². The van der Waals surface area contributed by atoms with Crippen LogP contribution < -0.4 is 4.31 Å². The molecule has 0 saturated heterocycles. The fraction of sp³-hybridized carbons (Fsp3) is 0.435. The van der Waals surface area contributed by atoms with E-state index >= 15 is 0 Å². The van der Waals surface area contributed by atoms with Crippen LogP contribution in [0.4, 0.5) is 5.69 Å². The Morgan fingerprint density at radius 3 is 2.00 bits per heavy atom. The highest BCUT2D eigenvalue weighted by Gasteiger charge is 2.31. The van der Waals surface area contributed by atoms with Gasteiger partial charge in [-0.15, -0.1) is 0 Å². The molecular weight excluding hydrogens is 434 g/mol. The minimum absolute atomic E-state index is 0.0779. The van der Waals surface area contributed by atoms with Crippen LogP contribution in [0.2, 0.25) is 0 Å². The van der Waals surface area contributed by atoms with Crippen molar-refractivity contribution in [3.05, 3.63) is 59.7 Å². The second-order valence-corrected chi connectivity index (χ2v) is 8.83. The molecule has 8 nitrogen and oxygen atoms in total. The average molecular weight is 466 g/mol. The van der Waals surface area contributed by atoms with Gasteiger partial charge in [-0.05, 0) is 64.1 Å². The van der Waals surface area contributed by atoms with Crippen molar-refractivity contribution in [2.24, 2.45) is 0 Å². The summed E-state index contributed by atoms with van der Waals surface area (Å²) in [5.74, 6) is -0.500. The molecule has 1 N–H and O–H groups in total. The van der Waals surface area contributed by atoms with Crippen molar-refractivity contribution in [1.29, 1.82) is 0 Å². The molecule has 1 atom stereocenters. The van der Waals surface area contributed by atoms with Gasteiger partial charge in [0.25, 0.3) is 10.0 Å².